The average Bonchev–Trinajstić information content (AvgIpc) is 3.14. The topological polar surface area (TPSA) is 114 Å². The molecule has 0 radical (unpaired) electrons. The van der Waals surface area contributed by atoms with Crippen molar-refractivity contribution in [2.75, 3.05) is 17.2 Å². The van der Waals surface area contributed by atoms with Crippen molar-refractivity contribution < 1.29 is 4.79 Å². The van der Waals surface area contributed by atoms with Crippen molar-refractivity contribution in [3.05, 3.63) is 71.0 Å². The van der Waals surface area contributed by atoms with Crippen molar-refractivity contribution in [3.8, 4) is 0 Å². The van der Waals surface area contributed by atoms with Gasteiger partial charge in [-0.3, -0.25) is 9.89 Å². The molecule has 1 amide bonds. The summed E-state index contributed by atoms with van der Waals surface area (Å²) in [5.41, 5.74) is 14.8. The van der Waals surface area contributed by atoms with Gasteiger partial charge in [-0.1, -0.05) is 6.08 Å². The Labute approximate surface area is 172 Å². The highest BCUT2D eigenvalue weighted by atomic mass is 35.5. The van der Waals surface area contributed by atoms with Crippen LogP contribution in [0.3, 0.4) is 0 Å². The van der Waals surface area contributed by atoms with Crippen LogP contribution in [0, 0.1) is 0 Å². The van der Waals surface area contributed by atoms with E-state index in [-0.39, 0.29) is 12.4 Å². The smallest absolute Gasteiger partial charge is 0.251 e. The quantitative estimate of drug-likeness (QED) is 0.591. The Morgan fingerprint density at radius 1 is 1.29 bits per heavy atom. The molecule has 4 rings (SSSR count). The highest BCUT2D eigenvalue weighted by molar-refractivity contribution is 8.02. The van der Waals surface area contributed by atoms with E-state index in [0.29, 0.717) is 23.7 Å². The van der Waals surface area contributed by atoms with Crippen LogP contribution in [0.5, 0.6) is 0 Å². The maximum absolute atomic E-state index is 12.0. The number of hydrogen-bond acceptors (Lipinski definition) is 6. The zero-order chi connectivity index (χ0) is 18.8. The number of halogens is 1. The van der Waals surface area contributed by atoms with E-state index >= 15 is 0 Å². The summed E-state index contributed by atoms with van der Waals surface area (Å²) >= 11 is 1.55. The third-order valence-corrected chi connectivity index (χ3v) is 5.46. The van der Waals surface area contributed by atoms with Crippen LogP contribution in [0.25, 0.3) is 10.9 Å². The standard InChI is InChI=1S/C19H18N6OS.ClH/c20-17-8-12(5-6-22-17)11-27-19-15(18(21)26)2-1-7-25(19)14-4-3-13-10-23-24-16(13)9-14;/h1-6,8-10H,7,11H2,(H2,20,22)(H2,21,26)(H,23,24);1H. The number of nitrogens with zero attached hydrogens (tertiary/aromatic N) is 3. The van der Waals surface area contributed by atoms with Gasteiger partial charge in [0.2, 0.25) is 0 Å². The van der Waals surface area contributed by atoms with Gasteiger partial charge in [-0.15, -0.1) is 24.2 Å². The normalized spacial score (nSPS) is 13.6. The van der Waals surface area contributed by atoms with Crippen LogP contribution in [0.4, 0.5) is 11.5 Å². The molecule has 28 heavy (non-hydrogen) atoms. The largest absolute Gasteiger partial charge is 0.384 e. The van der Waals surface area contributed by atoms with Crippen LogP contribution < -0.4 is 16.4 Å². The Morgan fingerprint density at radius 3 is 2.93 bits per heavy atom. The van der Waals surface area contributed by atoms with Gasteiger partial charge in [0.25, 0.3) is 5.91 Å². The van der Waals surface area contributed by atoms with Crippen LogP contribution in [0.15, 0.2) is 65.5 Å². The first-order chi connectivity index (χ1) is 13.1. The third kappa shape index (κ3) is 3.97. The summed E-state index contributed by atoms with van der Waals surface area (Å²) in [5, 5.41) is 8.90. The molecule has 0 bridgehead atoms. The number of anilines is 2. The molecule has 7 nitrogen and oxygen atoms in total. The summed E-state index contributed by atoms with van der Waals surface area (Å²) in [4.78, 5) is 18.1. The van der Waals surface area contributed by atoms with Gasteiger partial charge in [-0.2, -0.15) is 5.10 Å². The monoisotopic (exact) mass is 414 g/mol. The summed E-state index contributed by atoms with van der Waals surface area (Å²) in [6.07, 6.45) is 7.19. The molecule has 1 aliphatic heterocycles. The van der Waals surface area contributed by atoms with Gasteiger partial charge in [-0.05, 0) is 42.0 Å². The summed E-state index contributed by atoms with van der Waals surface area (Å²) in [6, 6.07) is 9.78. The number of nitrogens with one attached hydrogen (secondary N) is 1. The number of benzene rings is 1. The zero-order valence-electron chi connectivity index (χ0n) is 14.8. The van der Waals surface area contributed by atoms with Gasteiger partial charge >= 0.3 is 0 Å². The number of primary amides is 1. The summed E-state index contributed by atoms with van der Waals surface area (Å²) in [5.74, 6) is 0.674. The van der Waals surface area contributed by atoms with Gasteiger partial charge in [0.15, 0.2) is 0 Å². The van der Waals surface area contributed by atoms with Gasteiger partial charge in [0.05, 0.1) is 22.3 Å². The first-order valence-electron chi connectivity index (χ1n) is 8.36. The fourth-order valence-electron chi connectivity index (χ4n) is 2.97. The number of rotatable bonds is 5. The molecular formula is C19H19ClN6OS. The number of H-pyrrole nitrogens is 1. The van der Waals surface area contributed by atoms with Crippen LogP contribution >= 0.6 is 24.2 Å². The van der Waals surface area contributed by atoms with Crippen molar-refractivity contribution in [2.24, 2.45) is 5.73 Å². The molecule has 3 heterocycles. The number of carbonyl (C=O) groups excluding carboxylic acids is 1. The molecule has 0 aliphatic carbocycles. The van der Waals surface area contributed by atoms with E-state index in [2.05, 4.69) is 20.1 Å². The molecule has 1 aliphatic rings. The van der Waals surface area contributed by atoms with E-state index in [4.69, 9.17) is 11.5 Å². The Kier molecular flexibility index (Phi) is 5.91. The number of amides is 1. The summed E-state index contributed by atoms with van der Waals surface area (Å²) in [7, 11) is 0. The Morgan fingerprint density at radius 2 is 2.14 bits per heavy atom. The van der Waals surface area contributed by atoms with Crippen molar-refractivity contribution in [1.82, 2.24) is 15.2 Å². The molecule has 0 spiro atoms. The van der Waals surface area contributed by atoms with Crippen molar-refractivity contribution >= 4 is 52.5 Å². The SMILES string of the molecule is Cl.NC(=O)C1=C(SCc2ccnc(N)c2)N(c2ccc3cn[nH]c3c2)CC=C1. The van der Waals surface area contributed by atoms with Crippen molar-refractivity contribution in [1.29, 1.82) is 0 Å². The number of nitrogens with two attached hydrogens (primary N) is 2. The number of thioether (sulfide) groups is 1. The van der Waals surface area contributed by atoms with E-state index in [1.807, 2.05) is 36.4 Å². The molecular weight excluding hydrogens is 396 g/mol. The van der Waals surface area contributed by atoms with E-state index in [0.717, 1.165) is 27.2 Å². The molecule has 3 aromatic rings. The molecule has 0 fully saturated rings. The molecule has 9 heteroatoms. The molecule has 0 atom stereocenters. The fraction of sp³-hybridized carbons (Fsp3) is 0.105. The van der Waals surface area contributed by atoms with Crippen LogP contribution in [0.1, 0.15) is 5.56 Å². The number of aromatic nitrogens is 3. The third-order valence-electron chi connectivity index (χ3n) is 4.27. The van der Waals surface area contributed by atoms with Gasteiger partial charge in [0, 0.05) is 29.6 Å². The number of carbonyl (C=O) groups is 1. The zero-order valence-corrected chi connectivity index (χ0v) is 16.5. The number of nitrogen functional groups attached to an aromatic ring is 1. The lowest BCUT2D eigenvalue weighted by atomic mass is 10.1. The summed E-state index contributed by atoms with van der Waals surface area (Å²) in [6.45, 7) is 0.650. The molecule has 0 saturated carbocycles. The minimum Gasteiger partial charge on any atom is -0.384 e. The number of aromatic amines is 1. The van der Waals surface area contributed by atoms with E-state index in [1.54, 1.807) is 30.2 Å². The average molecular weight is 415 g/mol. The molecule has 2 aromatic heterocycles. The predicted molar refractivity (Wildman–Crippen MR) is 116 cm³/mol. The minimum absolute atomic E-state index is 0. The van der Waals surface area contributed by atoms with E-state index in [9.17, 15) is 4.79 Å². The summed E-state index contributed by atoms with van der Waals surface area (Å²) < 4.78 is 0. The highest BCUT2D eigenvalue weighted by Gasteiger charge is 2.22. The maximum Gasteiger partial charge on any atom is 0.251 e. The number of fused-ring (bicyclic) bond motifs is 1. The number of pyridine rings is 1. The molecule has 144 valence electrons. The second-order valence-corrected chi connectivity index (χ2v) is 7.08. The lowest BCUT2D eigenvalue weighted by Crippen LogP contribution is -2.29. The van der Waals surface area contributed by atoms with Crippen molar-refractivity contribution in [2.45, 2.75) is 5.75 Å². The lowest BCUT2D eigenvalue weighted by Gasteiger charge is -2.30. The van der Waals surface area contributed by atoms with Gasteiger partial charge in [-0.25, -0.2) is 4.98 Å². The Bertz CT molecular complexity index is 1080. The Balaban J connectivity index is 0.00000225. The van der Waals surface area contributed by atoms with E-state index in [1.165, 1.54) is 0 Å². The first kappa shape index (κ1) is 19.8. The lowest BCUT2D eigenvalue weighted by molar-refractivity contribution is -0.114. The molecule has 5 N–H and O–H groups in total. The van der Waals surface area contributed by atoms with Gasteiger partial charge in [0.1, 0.15) is 5.82 Å². The minimum atomic E-state index is -0.449. The fourth-order valence-corrected chi connectivity index (χ4v) is 4.11. The van der Waals surface area contributed by atoms with E-state index < -0.39 is 5.91 Å². The Hall–Kier alpha value is -2.97. The van der Waals surface area contributed by atoms with Crippen LogP contribution in [-0.2, 0) is 10.5 Å². The number of hydrogen-bond donors (Lipinski definition) is 3. The second kappa shape index (κ2) is 8.37. The first-order valence-corrected chi connectivity index (χ1v) is 9.35. The highest BCUT2D eigenvalue weighted by Crippen LogP contribution is 2.35. The van der Waals surface area contributed by atoms with Gasteiger partial charge < -0.3 is 16.4 Å². The van der Waals surface area contributed by atoms with Crippen molar-refractivity contribution in [3.63, 3.8) is 0 Å². The second-order valence-electron chi connectivity index (χ2n) is 6.12. The molecule has 0 saturated heterocycles. The van der Waals surface area contributed by atoms with Crippen LogP contribution in [-0.4, -0.2) is 27.6 Å². The molecule has 1 aromatic carbocycles. The van der Waals surface area contributed by atoms with Crippen LogP contribution in [0.2, 0.25) is 0 Å². The molecule has 0 unspecified atom stereocenters. The predicted octanol–water partition coefficient (Wildman–Crippen LogP) is 2.97. The maximum atomic E-state index is 12.0.